The van der Waals surface area contributed by atoms with Gasteiger partial charge in [0, 0.05) is 18.7 Å². The molecule has 6 aromatic rings. The molecule has 0 amide bonds. The second-order valence-electron chi connectivity index (χ2n) is 9.35. The molecule has 0 atom stereocenters. The Balaban J connectivity index is 1.38. The van der Waals surface area contributed by atoms with Gasteiger partial charge in [0.15, 0.2) is 0 Å². The summed E-state index contributed by atoms with van der Waals surface area (Å²) in [5.41, 5.74) is 5.62. The summed E-state index contributed by atoms with van der Waals surface area (Å²) in [5.74, 6) is 1.41. The minimum Gasteiger partial charge on any atom is -0.325 e. The third-order valence-corrected chi connectivity index (χ3v) is 6.63. The zero-order chi connectivity index (χ0) is 25.4. The van der Waals surface area contributed by atoms with Crippen LogP contribution in [0.5, 0.6) is 0 Å². The monoisotopic (exact) mass is 493 g/mol. The van der Waals surface area contributed by atoms with E-state index in [2.05, 4.69) is 50.3 Å². The Morgan fingerprint density at radius 1 is 0.811 bits per heavy atom. The third kappa shape index (κ3) is 4.31. The normalized spacial score (nSPS) is 11.8. The third-order valence-electron chi connectivity index (χ3n) is 6.63. The second kappa shape index (κ2) is 9.47. The molecule has 0 saturated carbocycles. The van der Waals surface area contributed by atoms with E-state index in [1.165, 1.54) is 0 Å². The summed E-state index contributed by atoms with van der Waals surface area (Å²) < 4.78 is 5.88. The molecule has 37 heavy (non-hydrogen) atoms. The number of fused-ring (bicyclic) bond motifs is 2. The smallest absolute Gasteiger partial charge is 0.325 e. The van der Waals surface area contributed by atoms with Gasteiger partial charge in [-0.1, -0.05) is 48.5 Å². The van der Waals surface area contributed by atoms with Gasteiger partial charge in [-0.3, -0.25) is 9.13 Å². The number of imidazole rings is 2. The van der Waals surface area contributed by atoms with Gasteiger partial charge in [-0.25, -0.2) is 9.78 Å². The van der Waals surface area contributed by atoms with Crippen LogP contribution < -0.4 is 5.69 Å². The van der Waals surface area contributed by atoms with E-state index in [-0.39, 0.29) is 5.69 Å². The van der Waals surface area contributed by atoms with Gasteiger partial charge in [0.25, 0.3) is 0 Å². The molecule has 1 N–H and O–H groups in total. The lowest BCUT2D eigenvalue weighted by atomic mass is 10.1. The molecule has 0 radical (unpaired) electrons. The molecule has 3 aromatic heterocycles. The second-order valence-corrected chi connectivity index (χ2v) is 9.35. The van der Waals surface area contributed by atoms with Crippen molar-refractivity contribution in [3.63, 3.8) is 0 Å². The van der Waals surface area contributed by atoms with Gasteiger partial charge < -0.3 is 9.47 Å². The molecule has 186 valence electrons. The molecule has 0 aliphatic carbocycles. The predicted molar refractivity (Wildman–Crippen MR) is 142 cm³/mol. The zero-order valence-electron chi connectivity index (χ0n) is 20.7. The summed E-state index contributed by atoms with van der Waals surface area (Å²) >= 11 is 0. The number of aromatic amines is 1. The van der Waals surface area contributed by atoms with E-state index in [1.54, 1.807) is 0 Å². The Morgan fingerprint density at radius 3 is 2.16 bits per heavy atom. The highest BCUT2D eigenvalue weighted by Crippen LogP contribution is 2.21. The number of para-hydroxylation sites is 4. The first-order chi connectivity index (χ1) is 18.1. The quantitative estimate of drug-likeness (QED) is 0.350. The first kappa shape index (κ1) is 22.9. The molecule has 0 bridgehead atoms. The van der Waals surface area contributed by atoms with Crippen LogP contribution in [0.4, 0.5) is 0 Å². The van der Waals surface area contributed by atoms with Crippen molar-refractivity contribution in [1.29, 1.82) is 0 Å². The van der Waals surface area contributed by atoms with Crippen molar-refractivity contribution >= 4 is 22.1 Å². The van der Waals surface area contributed by atoms with E-state index in [0.29, 0.717) is 18.9 Å². The van der Waals surface area contributed by atoms with E-state index in [1.807, 2.05) is 75.9 Å². The van der Waals surface area contributed by atoms with Crippen molar-refractivity contribution in [3.05, 3.63) is 94.7 Å². The van der Waals surface area contributed by atoms with Gasteiger partial charge in [-0.05, 0) is 49.1 Å². The van der Waals surface area contributed by atoms with Crippen LogP contribution >= 0.6 is 0 Å². The first-order valence-electron chi connectivity index (χ1n) is 12.2. The fraction of sp³-hybridized carbons (Fsp3) is 0.222. The Morgan fingerprint density at radius 2 is 1.49 bits per heavy atom. The van der Waals surface area contributed by atoms with Gasteiger partial charge in [0.1, 0.15) is 5.82 Å². The largest absolute Gasteiger partial charge is 0.329 e. The molecule has 0 spiro atoms. The van der Waals surface area contributed by atoms with Crippen LogP contribution in [0.3, 0.4) is 0 Å². The molecule has 0 aliphatic rings. The number of likely N-dealkylation sites (N-methyl/N-ethyl adjacent to an activating group) is 1. The van der Waals surface area contributed by atoms with Crippen LogP contribution in [0.15, 0.2) is 77.6 Å². The van der Waals surface area contributed by atoms with E-state index in [9.17, 15) is 4.79 Å². The van der Waals surface area contributed by atoms with E-state index in [4.69, 9.17) is 4.98 Å². The van der Waals surface area contributed by atoms with Gasteiger partial charge in [-0.15, -0.1) is 10.2 Å². The molecule has 6 rings (SSSR count). The van der Waals surface area contributed by atoms with Crippen LogP contribution in [0, 0.1) is 0 Å². The minimum absolute atomic E-state index is 0.0605. The number of H-pyrrole nitrogens is 1. The van der Waals surface area contributed by atoms with Crippen LogP contribution in [-0.2, 0) is 19.6 Å². The molecule has 0 fully saturated rings. The Hall–Kier alpha value is -4.57. The van der Waals surface area contributed by atoms with Gasteiger partial charge >= 0.3 is 5.69 Å². The summed E-state index contributed by atoms with van der Waals surface area (Å²) in [7, 11) is 4.12. The molecular weight excluding hydrogens is 466 g/mol. The van der Waals surface area contributed by atoms with Crippen molar-refractivity contribution in [2.24, 2.45) is 0 Å². The van der Waals surface area contributed by atoms with E-state index in [0.717, 1.165) is 52.1 Å². The fourth-order valence-electron chi connectivity index (χ4n) is 4.74. The van der Waals surface area contributed by atoms with Crippen molar-refractivity contribution in [3.8, 4) is 11.4 Å². The SMILES string of the molecule is CN(C)CCn1c(Cn2c(=O)n(Cc3ccc(-c4nn[nH]n4)cc3)c3ccccc32)nc2ccccc21. The fourth-order valence-corrected chi connectivity index (χ4v) is 4.74. The number of rotatable bonds is 8. The Bertz CT molecular complexity index is 1720. The molecule has 10 nitrogen and oxygen atoms in total. The average molecular weight is 494 g/mol. The van der Waals surface area contributed by atoms with Crippen molar-refractivity contribution in [2.75, 3.05) is 20.6 Å². The Kier molecular flexibility index (Phi) is 5.85. The van der Waals surface area contributed by atoms with Crippen molar-refractivity contribution in [1.82, 2.24) is 44.2 Å². The molecule has 0 unspecified atom stereocenters. The highest BCUT2D eigenvalue weighted by molar-refractivity contribution is 5.77. The maximum absolute atomic E-state index is 13.8. The molecule has 0 aliphatic heterocycles. The number of nitrogens with one attached hydrogen (secondary N) is 1. The van der Waals surface area contributed by atoms with E-state index >= 15 is 0 Å². The summed E-state index contributed by atoms with van der Waals surface area (Å²) in [6, 6.07) is 23.9. The van der Waals surface area contributed by atoms with Crippen LogP contribution in [0.2, 0.25) is 0 Å². The number of hydrogen-bond acceptors (Lipinski definition) is 6. The standard InChI is InChI=1S/C27H27N9O/c1-33(2)15-16-34-22-8-4-3-7-21(22)28-25(34)18-36-24-10-6-5-9-23(24)35(27(36)37)17-19-11-13-20(14-12-19)26-29-31-32-30-26/h3-14H,15-18H2,1-2H3,(H,29,30,31,32). The highest BCUT2D eigenvalue weighted by atomic mass is 16.1. The molecule has 0 saturated heterocycles. The lowest BCUT2D eigenvalue weighted by molar-refractivity contribution is 0.382. The number of nitrogens with zero attached hydrogens (tertiary/aromatic N) is 8. The first-order valence-corrected chi connectivity index (χ1v) is 12.2. The highest BCUT2D eigenvalue weighted by Gasteiger charge is 2.17. The maximum atomic E-state index is 13.8. The minimum atomic E-state index is -0.0605. The number of aromatic nitrogens is 8. The number of benzene rings is 3. The van der Waals surface area contributed by atoms with Crippen molar-refractivity contribution < 1.29 is 0 Å². The topological polar surface area (TPSA) is 102 Å². The summed E-state index contributed by atoms with van der Waals surface area (Å²) in [4.78, 5) is 20.9. The Labute approximate surface area is 212 Å². The van der Waals surface area contributed by atoms with Gasteiger partial charge in [0.2, 0.25) is 5.82 Å². The van der Waals surface area contributed by atoms with Crippen molar-refractivity contribution in [2.45, 2.75) is 19.6 Å². The molecule has 10 heteroatoms. The summed E-state index contributed by atoms with van der Waals surface area (Å²) in [5, 5.41) is 14.1. The number of tetrazole rings is 1. The summed E-state index contributed by atoms with van der Waals surface area (Å²) in [6.07, 6.45) is 0. The van der Waals surface area contributed by atoms with Crippen LogP contribution in [-0.4, -0.2) is 64.8 Å². The summed E-state index contributed by atoms with van der Waals surface area (Å²) in [6.45, 7) is 2.52. The number of hydrogen-bond donors (Lipinski definition) is 1. The lowest BCUT2D eigenvalue weighted by Crippen LogP contribution is -2.27. The van der Waals surface area contributed by atoms with Gasteiger partial charge in [-0.2, -0.15) is 5.21 Å². The zero-order valence-corrected chi connectivity index (χ0v) is 20.7. The van der Waals surface area contributed by atoms with E-state index < -0.39 is 0 Å². The molecular formula is C27H27N9O. The maximum Gasteiger partial charge on any atom is 0.329 e. The molecule has 3 heterocycles. The predicted octanol–water partition coefficient (Wildman–Crippen LogP) is 2.99. The average Bonchev–Trinajstić information content (AvgIpc) is 3.63. The lowest BCUT2D eigenvalue weighted by Gasteiger charge is -2.13. The van der Waals surface area contributed by atoms with Crippen LogP contribution in [0.1, 0.15) is 11.4 Å². The van der Waals surface area contributed by atoms with Crippen LogP contribution in [0.25, 0.3) is 33.5 Å². The molecule has 3 aromatic carbocycles. The van der Waals surface area contributed by atoms with Gasteiger partial charge in [0.05, 0.1) is 35.2 Å².